The molecule has 2 heterocycles. The van der Waals surface area contributed by atoms with Crippen LogP contribution in [0.4, 0.5) is 5.82 Å². The number of pyridine rings is 1. The molecule has 1 aromatic heterocycles. The lowest BCUT2D eigenvalue weighted by molar-refractivity contribution is -0.117. The van der Waals surface area contributed by atoms with Gasteiger partial charge in [-0.05, 0) is 30.5 Å². The van der Waals surface area contributed by atoms with Crippen LogP contribution in [0.15, 0.2) is 18.3 Å². The summed E-state index contributed by atoms with van der Waals surface area (Å²) < 4.78 is 0. The van der Waals surface area contributed by atoms with Crippen LogP contribution in [0.5, 0.6) is 0 Å². The van der Waals surface area contributed by atoms with Crippen LogP contribution in [0, 0.1) is 12.8 Å². The van der Waals surface area contributed by atoms with E-state index in [2.05, 4.69) is 4.98 Å². The van der Waals surface area contributed by atoms with Crippen LogP contribution in [0.2, 0.25) is 0 Å². The number of carbonyl (C=O) groups excluding carboxylic acids is 1. The zero-order valence-corrected chi connectivity index (χ0v) is 9.37. The van der Waals surface area contributed by atoms with Crippen LogP contribution in [0.1, 0.15) is 12.0 Å². The number of alkyl halides is 1. The molecule has 0 spiro atoms. The first-order valence-electron chi connectivity index (χ1n) is 4.99. The molecule has 1 amide bonds. The maximum atomic E-state index is 11.7. The Kier molecular flexibility index (Phi) is 2.91. The first-order chi connectivity index (χ1) is 7.20. The van der Waals surface area contributed by atoms with Crippen molar-refractivity contribution in [1.82, 2.24) is 4.98 Å². The third-order valence-electron chi connectivity index (χ3n) is 2.60. The van der Waals surface area contributed by atoms with Crippen molar-refractivity contribution in [3.05, 3.63) is 23.9 Å². The van der Waals surface area contributed by atoms with Crippen molar-refractivity contribution in [3.63, 3.8) is 0 Å². The second-order valence-electron chi connectivity index (χ2n) is 3.92. The Bertz CT molecular complexity index is 381. The van der Waals surface area contributed by atoms with E-state index in [4.69, 9.17) is 11.6 Å². The fraction of sp³-hybridized carbons (Fsp3) is 0.455. The molecule has 1 aliphatic heterocycles. The first kappa shape index (κ1) is 10.4. The highest BCUT2D eigenvalue weighted by atomic mass is 35.5. The number of hydrogen-bond acceptors (Lipinski definition) is 2. The molecule has 3 nitrogen and oxygen atoms in total. The topological polar surface area (TPSA) is 33.2 Å². The second-order valence-corrected chi connectivity index (χ2v) is 4.23. The van der Waals surface area contributed by atoms with E-state index in [1.807, 2.05) is 19.1 Å². The van der Waals surface area contributed by atoms with Gasteiger partial charge in [0.1, 0.15) is 5.82 Å². The minimum Gasteiger partial charge on any atom is -0.296 e. The van der Waals surface area contributed by atoms with E-state index in [-0.39, 0.29) is 11.8 Å². The standard InChI is InChI=1S/C11H13ClN2O/c1-8-2-3-13-10(4-8)14-7-9(6-12)5-11(14)15/h2-4,9H,5-7H2,1H3. The van der Waals surface area contributed by atoms with Gasteiger partial charge in [0.15, 0.2) is 0 Å². The number of aryl methyl sites for hydroxylation is 1. The minimum absolute atomic E-state index is 0.124. The van der Waals surface area contributed by atoms with E-state index in [1.165, 1.54) is 0 Å². The van der Waals surface area contributed by atoms with Gasteiger partial charge in [0.05, 0.1) is 0 Å². The van der Waals surface area contributed by atoms with E-state index in [0.29, 0.717) is 18.8 Å². The molecule has 0 aromatic carbocycles. The molecule has 80 valence electrons. The van der Waals surface area contributed by atoms with Crippen LogP contribution >= 0.6 is 11.6 Å². The predicted molar refractivity (Wildman–Crippen MR) is 60.2 cm³/mol. The van der Waals surface area contributed by atoms with Gasteiger partial charge in [0, 0.05) is 25.0 Å². The van der Waals surface area contributed by atoms with E-state index in [0.717, 1.165) is 11.4 Å². The van der Waals surface area contributed by atoms with Crippen molar-refractivity contribution in [2.75, 3.05) is 17.3 Å². The molecule has 0 saturated carbocycles. The molecule has 0 radical (unpaired) electrons. The summed E-state index contributed by atoms with van der Waals surface area (Å²) in [4.78, 5) is 17.6. The van der Waals surface area contributed by atoms with Crippen LogP contribution in [0.25, 0.3) is 0 Å². The van der Waals surface area contributed by atoms with Crippen molar-refractivity contribution in [1.29, 1.82) is 0 Å². The Balaban J connectivity index is 2.21. The maximum Gasteiger partial charge on any atom is 0.228 e. The fourth-order valence-corrected chi connectivity index (χ4v) is 1.98. The lowest BCUT2D eigenvalue weighted by Gasteiger charge is -2.15. The SMILES string of the molecule is Cc1ccnc(N2CC(CCl)CC2=O)c1. The minimum atomic E-state index is 0.124. The Morgan fingerprint density at radius 1 is 1.67 bits per heavy atom. The molecular formula is C11H13ClN2O. The largest absolute Gasteiger partial charge is 0.296 e. The average Bonchev–Trinajstić information content (AvgIpc) is 2.60. The van der Waals surface area contributed by atoms with Gasteiger partial charge in [0.2, 0.25) is 5.91 Å². The summed E-state index contributed by atoms with van der Waals surface area (Å²) >= 11 is 5.76. The molecular weight excluding hydrogens is 212 g/mol. The third-order valence-corrected chi connectivity index (χ3v) is 3.04. The maximum absolute atomic E-state index is 11.7. The summed E-state index contributed by atoms with van der Waals surface area (Å²) in [7, 11) is 0. The van der Waals surface area contributed by atoms with Gasteiger partial charge in [-0.1, -0.05) is 0 Å². The molecule has 1 unspecified atom stereocenters. The van der Waals surface area contributed by atoms with Crippen molar-refractivity contribution in [2.24, 2.45) is 5.92 Å². The molecule has 15 heavy (non-hydrogen) atoms. The van der Waals surface area contributed by atoms with Crippen LogP contribution in [-0.2, 0) is 4.79 Å². The molecule has 4 heteroatoms. The monoisotopic (exact) mass is 224 g/mol. The third kappa shape index (κ3) is 2.12. The number of anilines is 1. The Labute approximate surface area is 94.1 Å². The van der Waals surface area contributed by atoms with Crippen LogP contribution in [-0.4, -0.2) is 23.3 Å². The van der Waals surface area contributed by atoms with E-state index < -0.39 is 0 Å². The number of nitrogens with zero attached hydrogens (tertiary/aromatic N) is 2. The van der Waals surface area contributed by atoms with E-state index in [1.54, 1.807) is 11.1 Å². The predicted octanol–water partition coefficient (Wildman–Crippen LogP) is 1.98. The van der Waals surface area contributed by atoms with Gasteiger partial charge in [0.25, 0.3) is 0 Å². The van der Waals surface area contributed by atoms with Crippen LogP contribution < -0.4 is 4.90 Å². The van der Waals surface area contributed by atoms with Gasteiger partial charge < -0.3 is 0 Å². The molecule has 1 fully saturated rings. The molecule has 1 aliphatic rings. The molecule has 2 rings (SSSR count). The van der Waals surface area contributed by atoms with Gasteiger partial charge in [-0.25, -0.2) is 4.98 Å². The Morgan fingerprint density at radius 3 is 3.07 bits per heavy atom. The van der Waals surface area contributed by atoms with Crippen molar-refractivity contribution < 1.29 is 4.79 Å². The molecule has 0 aliphatic carbocycles. The first-order valence-corrected chi connectivity index (χ1v) is 5.53. The van der Waals surface area contributed by atoms with Crippen LogP contribution in [0.3, 0.4) is 0 Å². The highest BCUT2D eigenvalue weighted by Gasteiger charge is 2.30. The number of amides is 1. The number of hydrogen-bond donors (Lipinski definition) is 0. The Hall–Kier alpha value is -1.09. The highest BCUT2D eigenvalue weighted by molar-refractivity contribution is 6.18. The summed E-state index contributed by atoms with van der Waals surface area (Å²) in [6.45, 7) is 2.68. The number of rotatable bonds is 2. The molecule has 1 aromatic rings. The van der Waals surface area contributed by atoms with Gasteiger partial charge in [-0.3, -0.25) is 9.69 Å². The molecule has 1 atom stereocenters. The zero-order chi connectivity index (χ0) is 10.8. The normalized spacial score (nSPS) is 21.1. The van der Waals surface area contributed by atoms with Crippen molar-refractivity contribution >= 4 is 23.3 Å². The number of aromatic nitrogens is 1. The quantitative estimate of drug-likeness (QED) is 0.720. The summed E-state index contributed by atoms with van der Waals surface area (Å²) in [6, 6.07) is 3.84. The van der Waals surface area contributed by atoms with Gasteiger partial charge in [-0.15, -0.1) is 11.6 Å². The molecule has 1 saturated heterocycles. The van der Waals surface area contributed by atoms with Gasteiger partial charge in [-0.2, -0.15) is 0 Å². The molecule has 0 N–H and O–H groups in total. The Morgan fingerprint density at radius 2 is 2.47 bits per heavy atom. The summed E-state index contributed by atoms with van der Waals surface area (Å²) in [5, 5.41) is 0. The average molecular weight is 225 g/mol. The second kappa shape index (κ2) is 4.19. The number of halogens is 1. The summed E-state index contributed by atoms with van der Waals surface area (Å²) in [5.41, 5.74) is 1.11. The van der Waals surface area contributed by atoms with Crippen molar-refractivity contribution in [2.45, 2.75) is 13.3 Å². The van der Waals surface area contributed by atoms with E-state index in [9.17, 15) is 4.79 Å². The summed E-state index contributed by atoms with van der Waals surface area (Å²) in [6.07, 6.45) is 2.27. The van der Waals surface area contributed by atoms with Crippen molar-refractivity contribution in [3.8, 4) is 0 Å². The van der Waals surface area contributed by atoms with E-state index >= 15 is 0 Å². The summed E-state index contributed by atoms with van der Waals surface area (Å²) in [5.74, 6) is 1.67. The lowest BCUT2D eigenvalue weighted by atomic mass is 10.1. The van der Waals surface area contributed by atoms with Gasteiger partial charge >= 0.3 is 0 Å². The highest BCUT2D eigenvalue weighted by Crippen LogP contribution is 2.24. The number of carbonyl (C=O) groups is 1. The smallest absolute Gasteiger partial charge is 0.228 e. The molecule has 0 bridgehead atoms. The fourth-order valence-electron chi connectivity index (χ4n) is 1.77. The lowest BCUT2D eigenvalue weighted by Crippen LogP contribution is -2.25. The zero-order valence-electron chi connectivity index (χ0n) is 8.61.